The van der Waals surface area contributed by atoms with Crippen molar-refractivity contribution in [3.8, 4) is 0 Å². The summed E-state index contributed by atoms with van der Waals surface area (Å²) < 4.78 is 10.1. The van der Waals surface area contributed by atoms with Crippen LogP contribution in [0.5, 0.6) is 0 Å². The summed E-state index contributed by atoms with van der Waals surface area (Å²) in [5.74, 6) is 1.79. The van der Waals surface area contributed by atoms with Crippen LogP contribution in [0.3, 0.4) is 0 Å². The standard InChI is InChI=1S/C14H13N5O3/c1-9-5-12(19-22-9)18-13(20)10-6-15-14(16-7-10)17-8-11-3-2-4-21-11/h2-7H,8H2,1H3,(H,15,16,17)(H,18,19,20). The lowest BCUT2D eigenvalue weighted by Crippen LogP contribution is -2.13. The van der Waals surface area contributed by atoms with E-state index in [4.69, 9.17) is 8.94 Å². The largest absolute Gasteiger partial charge is 0.467 e. The lowest BCUT2D eigenvalue weighted by atomic mass is 10.3. The normalized spacial score (nSPS) is 10.4. The van der Waals surface area contributed by atoms with Gasteiger partial charge in [-0.2, -0.15) is 0 Å². The van der Waals surface area contributed by atoms with Crippen LogP contribution in [0.15, 0.2) is 45.8 Å². The van der Waals surface area contributed by atoms with Crippen molar-refractivity contribution in [2.24, 2.45) is 0 Å². The van der Waals surface area contributed by atoms with Crippen molar-refractivity contribution < 1.29 is 13.7 Å². The van der Waals surface area contributed by atoms with E-state index >= 15 is 0 Å². The van der Waals surface area contributed by atoms with Crippen molar-refractivity contribution in [3.63, 3.8) is 0 Å². The molecule has 3 heterocycles. The molecule has 112 valence electrons. The van der Waals surface area contributed by atoms with Gasteiger partial charge in [-0.1, -0.05) is 5.16 Å². The molecule has 0 aliphatic rings. The van der Waals surface area contributed by atoms with Gasteiger partial charge in [0, 0.05) is 18.5 Å². The lowest BCUT2D eigenvalue weighted by molar-refractivity contribution is 0.102. The Hall–Kier alpha value is -3.16. The highest BCUT2D eigenvalue weighted by Gasteiger charge is 2.10. The van der Waals surface area contributed by atoms with E-state index in [9.17, 15) is 4.79 Å². The fourth-order valence-corrected chi connectivity index (χ4v) is 1.73. The Morgan fingerprint density at radius 2 is 2.14 bits per heavy atom. The average Bonchev–Trinajstić information content (AvgIpc) is 3.17. The summed E-state index contributed by atoms with van der Waals surface area (Å²) >= 11 is 0. The van der Waals surface area contributed by atoms with Crippen molar-refractivity contribution in [3.05, 3.63) is 53.9 Å². The number of anilines is 2. The van der Waals surface area contributed by atoms with Gasteiger partial charge in [0.2, 0.25) is 5.95 Å². The Kier molecular flexibility index (Phi) is 3.82. The van der Waals surface area contributed by atoms with Gasteiger partial charge in [-0.15, -0.1) is 0 Å². The zero-order valence-electron chi connectivity index (χ0n) is 11.7. The number of hydrogen-bond acceptors (Lipinski definition) is 7. The molecule has 0 aromatic carbocycles. The van der Waals surface area contributed by atoms with Crippen LogP contribution in [0.25, 0.3) is 0 Å². The van der Waals surface area contributed by atoms with E-state index in [1.54, 1.807) is 25.3 Å². The van der Waals surface area contributed by atoms with Crippen molar-refractivity contribution in [1.82, 2.24) is 15.1 Å². The van der Waals surface area contributed by atoms with Gasteiger partial charge in [-0.25, -0.2) is 9.97 Å². The summed E-state index contributed by atoms with van der Waals surface area (Å²) in [7, 11) is 0. The summed E-state index contributed by atoms with van der Waals surface area (Å²) in [6.07, 6.45) is 4.45. The van der Waals surface area contributed by atoms with Crippen LogP contribution in [-0.4, -0.2) is 21.0 Å². The first-order valence-corrected chi connectivity index (χ1v) is 6.54. The summed E-state index contributed by atoms with van der Waals surface area (Å²) in [5, 5.41) is 9.27. The topological polar surface area (TPSA) is 106 Å². The first-order chi connectivity index (χ1) is 10.7. The molecule has 0 saturated carbocycles. The Morgan fingerprint density at radius 1 is 1.32 bits per heavy atom. The predicted molar refractivity (Wildman–Crippen MR) is 77.3 cm³/mol. The summed E-state index contributed by atoms with van der Waals surface area (Å²) in [5.41, 5.74) is 0.323. The zero-order chi connectivity index (χ0) is 15.4. The summed E-state index contributed by atoms with van der Waals surface area (Å²) in [4.78, 5) is 20.1. The number of carbonyl (C=O) groups excluding carboxylic acids is 1. The third kappa shape index (κ3) is 3.29. The number of aromatic nitrogens is 3. The first-order valence-electron chi connectivity index (χ1n) is 6.54. The Balaban J connectivity index is 1.59. The second-order valence-corrected chi connectivity index (χ2v) is 4.51. The molecule has 0 spiro atoms. The van der Waals surface area contributed by atoms with Gasteiger partial charge in [0.25, 0.3) is 5.91 Å². The fourth-order valence-electron chi connectivity index (χ4n) is 1.73. The highest BCUT2D eigenvalue weighted by molar-refractivity contribution is 6.03. The molecule has 0 fully saturated rings. The van der Waals surface area contributed by atoms with E-state index < -0.39 is 0 Å². The van der Waals surface area contributed by atoms with Crippen molar-refractivity contribution >= 4 is 17.7 Å². The van der Waals surface area contributed by atoms with Crippen LogP contribution in [0, 0.1) is 6.92 Å². The van der Waals surface area contributed by atoms with Crippen molar-refractivity contribution in [2.75, 3.05) is 10.6 Å². The number of nitrogens with one attached hydrogen (secondary N) is 2. The highest BCUT2D eigenvalue weighted by Crippen LogP contribution is 2.10. The van der Waals surface area contributed by atoms with E-state index in [-0.39, 0.29) is 5.91 Å². The number of hydrogen-bond donors (Lipinski definition) is 2. The molecule has 8 heteroatoms. The Labute approximate surface area is 125 Å². The van der Waals surface area contributed by atoms with Crippen LogP contribution in [0.1, 0.15) is 21.9 Å². The number of aryl methyl sites for hydroxylation is 1. The molecule has 0 radical (unpaired) electrons. The predicted octanol–water partition coefficient (Wildman–Crippen LogP) is 2.23. The maximum Gasteiger partial charge on any atom is 0.260 e. The molecule has 0 unspecified atom stereocenters. The highest BCUT2D eigenvalue weighted by atomic mass is 16.5. The molecule has 0 atom stereocenters. The third-order valence-electron chi connectivity index (χ3n) is 2.78. The SMILES string of the molecule is Cc1cc(NC(=O)c2cnc(NCc3ccco3)nc2)no1. The van der Waals surface area contributed by atoms with E-state index in [1.807, 2.05) is 6.07 Å². The molecule has 2 N–H and O–H groups in total. The second-order valence-electron chi connectivity index (χ2n) is 4.51. The van der Waals surface area contributed by atoms with Crippen LogP contribution in [-0.2, 0) is 6.54 Å². The molecule has 0 aliphatic heterocycles. The Bertz CT molecular complexity index is 749. The minimum absolute atomic E-state index is 0.323. The molecule has 3 aromatic heterocycles. The molecule has 3 aromatic rings. The number of nitrogens with zero attached hydrogens (tertiary/aromatic N) is 3. The molecule has 1 amide bonds. The third-order valence-corrected chi connectivity index (χ3v) is 2.78. The minimum Gasteiger partial charge on any atom is -0.467 e. The van der Waals surface area contributed by atoms with Gasteiger partial charge in [-0.3, -0.25) is 4.79 Å². The van der Waals surface area contributed by atoms with E-state index in [0.29, 0.717) is 29.6 Å². The molecule has 0 bridgehead atoms. The van der Waals surface area contributed by atoms with Gasteiger partial charge < -0.3 is 19.6 Å². The number of carbonyl (C=O) groups is 1. The average molecular weight is 299 g/mol. The monoisotopic (exact) mass is 299 g/mol. The van der Waals surface area contributed by atoms with Gasteiger partial charge in [-0.05, 0) is 19.1 Å². The molecular formula is C14H13N5O3. The van der Waals surface area contributed by atoms with Crippen molar-refractivity contribution in [1.29, 1.82) is 0 Å². The zero-order valence-corrected chi connectivity index (χ0v) is 11.7. The molecule has 22 heavy (non-hydrogen) atoms. The summed E-state index contributed by atoms with van der Waals surface area (Å²) in [6, 6.07) is 5.27. The fraction of sp³-hybridized carbons (Fsp3) is 0.143. The van der Waals surface area contributed by atoms with Gasteiger partial charge >= 0.3 is 0 Å². The van der Waals surface area contributed by atoms with Crippen LogP contribution in [0.4, 0.5) is 11.8 Å². The quantitative estimate of drug-likeness (QED) is 0.744. The van der Waals surface area contributed by atoms with Crippen LogP contribution >= 0.6 is 0 Å². The van der Waals surface area contributed by atoms with Gasteiger partial charge in [0.1, 0.15) is 11.5 Å². The first kappa shape index (κ1) is 13.8. The van der Waals surface area contributed by atoms with E-state index in [0.717, 1.165) is 5.76 Å². The lowest BCUT2D eigenvalue weighted by Gasteiger charge is -2.04. The Morgan fingerprint density at radius 3 is 2.77 bits per heavy atom. The number of rotatable bonds is 5. The molecule has 0 saturated heterocycles. The van der Waals surface area contributed by atoms with Gasteiger partial charge in [0.15, 0.2) is 5.82 Å². The molecule has 3 rings (SSSR count). The maximum absolute atomic E-state index is 12.0. The molecule has 8 nitrogen and oxygen atoms in total. The molecular weight excluding hydrogens is 286 g/mol. The minimum atomic E-state index is -0.356. The number of amides is 1. The van der Waals surface area contributed by atoms with Crippen LogP contribution < -0.4 is 10.6 Å². The maximum atomic E-state index is 12.0. The molecule has 0 aliphatic carbocycles. The summed E-state index contributed by atoms with van der Waals surface area (Å²) in [6.45, 7) is 2.21. The van der Waals surface area contributed by atoms with E-state index in [1.165, 1.54) is 12.4 Å². The smallest absolute Gasteiger partial charge is 0.260 e. The van der Waals surface area contributed by atoms with Crippen LogP contribution in [0.2, 0.25) is 0 Å². The second kappa shape index (κ2) is 6.08. The van der Waals surface area contributed by atoms with Gasteiger partial charge in [0.05, 0.1) is 18.4 Å². The number of furan rings is 1. The van der Waals surface area contributed by atoms with E-state index in [2.05, 4.69) is 25.8 Å². The van der Waals surface area contributed by atoms with Crippen molar-refractivity contribution in [2.45, 2.75) is 13.5 Å².